The molecule has 7 heteroatoms. The molecular formula is C16H25BCl2N2O2. The van der Waals surface area contributed by atoms with Crippen molar-refractivity contribution in [2.75, 3.05) is 13.1 Å². The van der Waals surface area contributed by atoms with Gasteiger partial charge in [0.1, 0.15) is 0 Å². The minimum Gasteiger partial charge on any atom is -0.427 e. The molecule has 1 atom stereocenters. The molecule has 0 amide bonds. The second kappa shape index (κ2) is 9.26. The van der Waals surface area contributed by atoms with Crippen LogP contribution < -0.4 is 5.73 Å². The van der Waals surface area contributed by atoms with Gasteiger partial charge in [0, 0.05) is 35.7 Å². The highest BCUT2D eigenvalue weighted by Gasteiger charge is 2.28. The largest absolute Gasteiger partial charge is 0.451 e. The van der Waals surface area contributed by atoms with Gasteiger partial charge < -0.3 is 15.8 Å². The summed E-state index contributed by atoms with van der Waals surface area (Å²) in [6, 6.07) is 5.88. The molecule has 1 saturated heterocycles. The second-order valence-electron chi connectivity index (χ2n) is 6.60. The number of likely N-dealkylation sites (tertiary alicyclic amines) is 1. The molecule has 1 aliphatic rings. The number of halogens is 2. The molecule has 4 N–H and O–H groups in total. The summed E-state index contributed by atoms with van der Waals surface area (Å²) in [4.78, 5) is 2.38. The molecule has 1 unspecified atom stereocenters. The van der Waals surface area contributed by atoms with Gasteiger partial charge in [0.15, 0.2) is 0 Å². The first-order valence-corrected chi connectivity index (χ1v) is 8.97. The van der Waals surface area contributed by atoms with Crippen molar-refractivity contribution in [3.8, 4) is 0 Å². The molecule has 1 aromatic rings. The molecule has 1 fully saturated rings. The Morgan fingerprint density at radius 2 is 1.83 bits per heavy atom. The smallest absolute Gasteiger partial charge is 0.427 e. The van der Waals surface area contributed by atoms with E-state index in [1.165, 1.54) is 0 Å². The molecule has 4 nitrogen and oxygen atoms in total. The van der Waals surface area contributed by atoms with Crippen molar-refractivity contribution in [2.24, 2.45) is 11.7 Å². The molecular weight excluding hydrogens is 334 g/mol. The van der Waals surface area contributed by atoms with Crippen LogP contribution in [0.2, 0.25) is 16.4 Å². The van der Waals surface area contributed by atoms with Gasteiger partial charge >= 0.3 is 7.12 Å². The zero-order valence-electron chi connectivity index (χ0n) is 13.3. The third-order valence-corrected chi connectivity index (χ3v) is 4.72. The molecule has 0 radical (unpaired) electrons. The summed E-state index contributed by atoms with van der Waals surface area (Å²) in [5.41, 5.74) is 7.31. The molecule has 0 saturated carbocycles. The standard InChI is InChI=1S/C16H25BCl2N2O2/c18-14-5-12(6-15(19)8-14)9-21-10-13(11-21)7-16(20)3-1-2-4-17(22)23/h5-6,8,13,16,22-23H,1-4,7,9-11,20H2. The second-order valence-corrected chi connectivity index (χ2v) is 7.47. The van der Waals surface area contributed by atoms with Crippen LogP contribution >= 0.6 is 23.2 Å². The van der Waals surface area contributed by atoms with E-state index in [-0.39, 0.29) is 6.04 Å². The average molecular weight is 359 g/mol. The van der Waals surface area contributed by atoms with Crippen LogP contribution in [-0.4, -0.2) is 41.2 Å². The van der Waals surface area contributed by atoms with Crippen molar-refractivity contribution in [3.63, 3.8) is 0 Å². The molecule has 1 aromatic carbocycles. The summed E-state index contributed by atoms with van der Waals surface area (Å²) >= 11 is 12.0. The number of unbranched alkanes of at least 4 members (excludes halogenated alkanes) is 1. The van der Waals surface area contributed by atoms with E-state index in [0.29, 0.717) is 22.3 Å². The van der Waals surface area contributed by atoms with Gasteiger partial charge in [0.2, 0.25) is 0 Å². The van der Waals surface area contributed by atoms with Crippen molar-refractivity contribution >= 4 is 30.3 Å². The maximum Gasteiger partial charge on any atom is 0.451 e. The van der Waals surface area contributed by atoms with Gasteiger partial charge in [-0.15, -0.1) is 0 Å². The Morgan fingerprint density at radius 1 is 1.17 bits per heavy atom. The quantitative estimate of drug-likeness (QED) is 0.469. The summed E-state index contributed by atoms with van der Waals surface area (Å²) < 4.78 is 0. The van der Waals surface area contributed by atoms with Crippen LogP contribution in [-0.2, 0) is 6.54 Å². The van der Waals surface area contributed by atoms with E-state index in [2.05, 4.69) is 4.90 Å². The Labute approximate surface area is 148 Å². The van der Waals surface area contributed by atoms with Crippen molar-refractivity contribution in [2.45, 2.75) is 44.6 Å². The Bertz CT molecular complexity index is 479. The number of nitrogens with two attached hydrogens (primary N) is 1. The highest BCUT2D eigenvalue weighted by Crippen LogP contribution is 2.26. The maximum atomic E-state index is 8.80. The van der Waals surface area contributed by atoms with Crippen LogP contribution in [0.4, 0.5) is 0 Å². The van der Waals surface area contributed by atoms with Gasteiger partial charge in [-0.05, 0) is 48.8 Å². The fraction of sp³-hybridized carbons (Fsp3) is 0.625. The van der Waals surface area contributed by atoms with Crippen LogP contribution in [0.5, 0.6) is 0 Å². The fourth-order valence-corrected chi connectivity index (χ4v) is 3.77. The molecule has 0 bridgehead atoms. The number of nitrogens with zero attached hydrogens (tertiary/aromatic N) is 1. The lowest BCUT2D eigenvalue weighted by molar-refractivity contribution is 0.0808. The Balaban J connectivity index is 1.61. The molecule has 128 valence electrons. The van der Waals surface area contributed by atoms with Gasteiger partial charge in [0.25, 0.3) is 0 Å². The van der Waals surface area contributed by atoms with Crippen molar-refractivity contribution < 1.29 is 10.0 Å². The van der Waals surface area contributed by atoms with Gasteiger partial charge in [-0.25, -0.2) is 0 Å². The first kappa shape index (κ1) is 19.0. The zero-order valence-corrected chi connectivity index (χ0v) is 14.8. The lowest BCUT2D eigenvalue weighted by Crippen LogP contribution is -2.48. The number of hydrogen-bond acceptors (Lipinski definition) is 4. The van der Waals surface area contributed by atoms with Crippen molar-refractivity contribution in [3.05, 3.63) is 33.8 Å². The number of rotatable bonds is 9. The van der Waals surface area contributed by atoms with Gasteiger partial charge in [-0.2, -0.15) is 0 Å². The van der Waals surface area contributed by atoms with Crippen molar-refractivity contribution in [1.82, 2.24) is 4.90 Å². The summed E-state index contributed by atoms with van der Waals surface area (Å²) in [6.45, 7) is 3.00. The summed E-state index contributed by atoms with van der Waals surface area (Å²) in [5.74, 6) is 0.656. The van der Waals surface area contributed by atoms with Crippen LogP contribution in [0.15, 0.2) is 18.2 Å². The van der Waals surface area contributed by atoms with Gasteiger partial charge in [-0.1, -0.05) is 36.0 Å². The number of hydrogen-bond donors (Lipinski definition) is 3. The van der Waals surface area contributed by atoms with Crippen LogP contribution in [0.25, 0.3) is 0 Å². The number of benzene rings is 1. The summed E-state index contributed by atoms with van der Waals surface area (Å²) in [7, 11) is -1.19. The third kappa shape index (κ3) is 7.00. The maximum absolute atomic E-state index is 8.80. The average Bonchev–Trinajstić information content (AvgIpc) is 2.40. The molecule has 1 aliphatic heterocycles. The first-order valence-electron chi connectivity index (χ1n) is 8.21. The normalized spacial score (nSPS) is 17.1. The van der Waals surface area contributed by atoms with E-state index in [0.717, 1.165) is 50.9 Å². The third-order valence-electron chi connectivity index (χ3n) is 4.28. The monoisotopic (exact) mass is 358 g/mol. The first-order chi connectivity index (χ1) is 10.9. The van der Waals surface area contributed by atoms with Crippen molar-refractivity contribution in [1.29, 1.82) is 0 Å². The topological polar surface area (TPSA) is 69.7 Å². The predicted molar refractivity (Wildman–Crippen MR) is 96.7 cm³/mol. The minimum atomic E-state index is -1.19. The Kier molecular flexibility index (Phi) is 7.66. The van der Waals surface area contributed by atoms with Crippen LogP contribution in [0.1, 0.15) is 31.2 Å². The molecule has 1 heterocycles. The van der Waals surface area contributed by atoms with E-state index in [4.69, 9.17) is 39.0 Å². The highest BCUT2D eigenvalue weighted by molar-refractivity contribution is 6.40. The van der Waals surface area contributed by atoms with Crippen LogP contribution in [0.3, 0.4) is 0 Å². The SMILES string of the molecule is NC(CCCCB(O)O)CC1CN(Cc2cc(Cl)cc(Cl)c2)C1. The molecule has 23 heavy (non-hydrogen) atoms. The van der Waals surface area contributed by atoms with Gasteiger partial charge in [-0.3, -0.25) is 4.90 Å². The lowest BCUT2D eigenvalue weighted by Gasteiger charge is -2.40. The minimum absolute atomic E-state index is 0.207. The van der Waals surface area contributed by atoms with Crippen LogP contribution in [0, 0.1) is 5.92 Å². The molecule has 0 aromatic heterocycles. The fourth-order valence-electron chi connectivity index (χ4n) is 3.19. The predicted octanol–water partition coefficient (Wildman–Crippen LogP) is 2.79. The Morgan fingerprint density at radius 3 is 2.43 bits per heavy atom. The van der Waals surface area contributed by atoms with E-state index in [1.54, 1.807) is 6.07 Å². The summed E-state index contributed by atoms with van der Waals surface area (Å²) in [6.07, 6.45) is 4.20. The van der Waals surface area contributed by atoms with E-state index in [1.807, 2.05) is 12.1 Å². The lowest BCUT2D eigenvalue weighted by atomic mass is 9.82. The Hall–Kier alpha value is -0.295. The molecule has 0 aliphatic carbocycles. The van der Waals surface area contributed by atoms with E-state index >= 15 is 0 Å². The summed E-state index contributed by atoms with van der Waals surface area (Å²) in [5, 5.41) is 19.0. The zero-order chi connectivity index (χ0) is 16.8. The van der Waals surface area contributed by atoms with E-state index in [9.17, 15) is 0 Å². The molecule has 2 rings (SSSR count). The highest BCUT2D eigenvalue weighted by atomic mass is 35.5. The molecule has 0 spiro atoms. The van der Waals surface area contributed by atoms with E-state index < -0.39 is 7.12 Å². The van der Waals surface area contributed by atoms with Gasteiger partial charge in [0.05, 0.1) is 0 Å².